The molecule has 1 saturated carbocycles. The fourth-order valence-corrected chi connectivity index (χ4v) is 3.40. The van der Waals surface area contributed by atoms with Gasteiger partial charge in [-0.25, -0.2) is 0 Å². The van der Waals surface area contributed by atoms with Gasteiger partial charge in [0.05, 0.1) is 10.7 Å². The maximum Gasteiger partial charge on any atom is 0.0642 e. The van der Waals surface area contributed by atoms with E-state index < -0.39 is 0 Å². The average Bonchev–Trinajstić information content (AvgIpc) is 3.25. The lowest BCUT2D eigenvalue weighted by Gasteiger charge is -2.27. The number of nitrogens with one attached hydrogen (secondary N) is 1. The van der Waals surface area contributed by atoms with Crippen LogP contribution in [0.5, 0.6) is 0 Å². The van der Waals surface area contributed by atoms with E-state index in [1.54, 1.807) is 0 Å². The zero-order chi connectivity index (χ0) is 13.9. The smallest absolute Gasteiger partial charge is 0.0642 e. The monoisotopic (exact) mass is 292 g/mol. The Morgan fingerprint density at radius 1 is 1.20 bits per heavy atom. The molecule has 3 rings (SSSR count). The molecule has 1 heterocycles. The van der Waals surface area contributed by atoms with Crippen LogP contribution in [0.2, 0.25) is 5.02 Å². The van der Waals surface area contributed by atoms with Gasteiger partial charge in [0.1, 0.15) is 0 Å². The first-order chi connectivity index (χ1) is 9.74. The summed E-state index contributed by atoms with van der Waals surface area (Å²) >= 11 is 6.51. The van der Waals surface area contributed by atoms with Gasteiger partial charge in [-0.2, -0.15) is 0 Å². The van der Waals surface area contributed by atoms with Gasteiger partial charge < -0.3 is 10.2 Å². The number of para-hydroxylation sites is 1. The third-order valence-corrected chi connectivity index (χ3v) is 4.87. The third-order valence-electron chi connectivity index (χ3n) is 4.56. The van der Waals surface area contributed by atoms with Crippen LogP contribution in [0.3, 0.4) is 0 Å². The first-order valence-corrected chi connectivity index (χ1v) is 8.37. The van der Waals surface area contributed by atoms with Crippen molar-refractivity contribution in [2.24, 2.45) is 5.92 Å². The van der Waals surface area contributed by atoms with Crippen molar-refractivity contribution in [2.45, 2.75) is 51.6 Å². The van der Waals surface area contributed by atoms with E-state index in [2.05, 4.69) is 29.3 Å². The van der Waals surface area contributed by atoms with Gasteiger partial charge in [-0.05, 0) is 49.7 Å². The quantitative estimate of drug-likeness (QED) is 0.894. The second kappa shape index (κ2) is 6.36. The maximum absolute atomic E-state index is 6.51. The summed E-state index contributed by atoms with van der Waals surface area (Å²) in [5.74, 6) is 0.843. The average molecular weight is 293 g/mol. The zero-order valence-corrected chi connectivity index (χ0v) is 13.1. The van der Waals surface area contributed by atoms with Crippen LogP contribution in [-0.4, -0.2) is 19.1 Å². The van der Waals surface area contributed by atoms with Crippen LogP contribution in [0.4, 0.5) is 5.69 Å². The Bertz CT molecular complexity index is 456. The fourth-order valence-electron chi connectivity index (χ4n) is 3.09. The molecule has 0 spiro atoms. The number of rotatable bonds is 4. The van der Waals surface area contributed by atoms with Crippen LogP contribution in [0, 0.1) is 5.92 Å². The molecule has 1 aliphatic carbocycles. The van der Waals surface area contributed by atoms with Crippen LogP contribution in [0.25, 0.3) is 0 Å². The van der Waals surface area contributed by atoms with Gasteiger partial charge in [0.25, 0.3) is 0 Å². The van der Waals surface area contributed by atoms with Gasteiger partial charge in [-0.3, -0.25) is 0 Å². The normalized spacial score (nSPS) is 23.7. The van der Waals surface area contributed by atoms with Crippen molar-refractivity contribution in [3.05, 3.63) is 28.8 Å². The molecule has 3 heteroatoms. The van der Waals surface area contributed by atoms with Crippen LogP contribution in [-0.2, 0) is 6.54 Å². The molecule has 0 bridgehead atoms. The lowest BCUT2D eigenvalue weighted by atomic mass is 10.0. The molecule has 1 N–H and O–H groups in total. The lowest BCUT2D eigenvalue weighted by molar-refractivity contribution is 0.521. The highest BCUT2D eigenvalue weighted by Gasteiger charge is 2.22. The topological polar surface area (TPSA) is 15.3 Å². The summed E-state index contributed by atoms with van der Waals surface area (Å²) in [7, 11) is 0. The largest absolute Gasteiger partial charge is 0.370 e. The summed E-state index contributed by atoms with van der Waals surface area (Å²) < 4.78 is 0. The Balaban J connectivity index is 1.78. The van der Waals surface area contributed by atoms with E-state index in [9.17, 15) is 0 Å². The number of hydrogen-bond acceptors (Lipinski definition) is 2. The molecule has 1 aromatic rings. The Labute approximate surface area is 127 Å². The number of hydrogen-bond donors (Lipinski definition) is 1. The minimum absolute atomic E-state index is 0.742. The molecule has 1 aromatic carbocycles. The molecule has 2 fully saturated rings. The predicted molar refractivity (Wildman–Crippen MR) is 86.5 cm³/mol. The number of halogens is 1. The van der Waals surface area contributed by atoms with Crippen LogP contribution >= 0.6 is 11.6 Å². The summed E-state index contributed by atoms with van der Waals surface area (Å²) in [6.07, 6.45) is 6.56. The molecule has 0 radical (unpaired) electrons. The summed E-state index contributed by atoms with van der Waals surface area (Å²) in [5, 5.41) is 4.53. The first kappa shape index (κ1) is 14.2. The maximum atomic E-state index is 6.51. The van der Waals surface area contributed by atoms with E-state index >= 15 is 0 Å². The molecule has 1 saturated heterocycles. The van der Waals surface area contributed by atoms with E-state index in [1.807, 2.05) is 6.07 Å². The SMILES string of the molecule is CC1CCCN(c2c(Cl)cccc2CNC2CC2)CC1. The molecule has 0 amide bonds. The van der Waals surface area contributed by atoms with Crippen molar-refractivity contribution >= 4 is 17.3 Å². The molecular weight excluding hydrogens is 268 g/mol. The van der Waals surface area contributed by atoms with Crippen molar-refractivity contribution in [2.75, 3.05) is 18.0 Å². The lowest BCUT2D eigenvalue weighted by Crippen LogP contribution is -2.27. The molecule has 2 nitrogen and oxygen atoms in total. The Morgan fingerprint density at radius 2 is 2.05 bits per heavy atom. The predicted octanol–water partition coefficient (Wildman–Crippen LogP) is 4.22. The molecule has 2 aliphatic rings. The van der Waals surface area contributed by atoms with Crippen LogP contribution in [0.1, 0.15) is 44.6 Å². The van der Waals surface area contributed by atoms with Gasteiger partial charge >= 0.3 is 0 Å². The fraction of sp³-hybridized carbons (Fsp3) is 0.647. The van der Waals surface area contributed by atoms with Crippen molar-refractivity contribution in [3.8, 4) is 0 Å². The van der Waals surface area contributed by atoms with Crippen LogP contribution in [0.15, 0.2) is 18.2 Å². The molecule has 110 valence electrons. The molecule has 1 unspecified atom stereocenters. The van der Waals surface area contributed by atoms with Crippen molar-refractivity contribution in [3.63, 3.8) is 0 Å². The second-order valence-electron chi connectivity index (χ2n) is 6.43. The van der Waals surface area contributed by atoms with Gasteiger partial charge in [-0.15, -0.1) is 0 Å². The Morgan fingerprint density at radius 3 is 2.85 bits per heavy atom. The Hall–Kier alpha value is -0.730. The molecular formula is C17H25ClN2. The molecule has 1 aliphatic heterocycles. The van der Waals surface area contributed by atoms with E-state index in [-0.39, 0.29) is 0 Å². The zero-order valence-electron chi connectivity index (χ0n) is 12.4. The first-order valence-electron chi connectivity index (χ1n) is 8.00. The van der Waals surface area contributed by atoms with Gasteiger partial charge in [0.15, 0.2) is 0 Å². The van der Waals surface area contributed by atoms with Crippen molar-refractivity contribution in [1.82, 2.24) is 5.32 Å². The third kappa shape index (κ3) is 3.48. The standard InChI is InChI=1S/C17H25ClN2/c1-13-4-3-10-20(11-9-13)17-14(5-2-6-16(17)18)12-19-15-7-8-15/h2,5-6,13,15,19H,3-4,7-12H2,1H3. The van der Waals surface area contributed by atoms with Crippen LogP contribution < -0.4 is 10.2 Å². The summed E-state index contributed by atoms with van der Waals surface area (Å²) in [6.45, 7) is 5.60. The van der Waals surface area contributed by atoms with E-state index in [1.165, 1.54) is 43.4 Å². The highest BCUT2D eigenvalue weighted by molar-refractivity contribution is 6.33. The second-order valence-corrected chi connectivity index (χ2v) is 6.83. The number of nitrogens with zero attached hydrogens (tertiary/aromatic N) is 1. The number of benzene rings is 1. The van der Waals surface area contributed by atoms with Crippen molar-refractivity contribution < 1.29 is 0 Å². The molecule has 0 aromatic heterocycles. The molecule has 20 heavy (non-hydrogen) atoms. The van der Waals surface area contributed by atoms with Gasteiger partial charge in [0.2, 0.25) is 0 Å². The van der Waals surface area contributed by atoms with E-state index in [0.29, 0.717) is 0 Å². The highest BCUT2D eigenvalue weighted by atomic mass is 35.5. The minimum Gasteiger partial charge on any atom is -0.370 e. The Kier molecular flexibility index (Phi) is 4.52. The summed E-state index contributed by atoms with van der Waals surface area (Å²) in [6, 6.07) is 7.08. The highest BCUT2D eigenvalue weighted by Crippen LogP contribution is 2.33. The van der Waals surface area contributed by atoms with E-state index in [4.69, 9.17) is 11.6 Å². The van der Waals surface area contributed by atoms with Gasteiger partial charge in [-0.1, -0.05) is 30.7 Å². The van der Waals surface area contributed by atoms with E-state index in [0.717, 1.165) is 36.6 Å². The minimum atomic E-state index is 0.742. The van der Waals surface area contributed by atoms with Gasteiger partial charge in [0, 0.05) is 25.7 Å². The summed E-state index contributed by atoms with van der Waals surface area (Å²) in [4.78, 5) is 2.51. The summed E-state index contributed by atoms with van der Waals surface area (Å²) in [5.41, 5.74) is 2.63. The number of anilines is 1. The van der Waals surface area contributed by atoms with Crippen molar-refractivity contribution in [1.29, 1.82) is 0 Å². The molecule has 1 atom stereocenters.